The molecule has 0 bridgehead atoms. The molecular formula is C18H12ClF2N3O4S2. The van der Waals surface area contributed by atoms with Gasteiger partial charge in [-0.2, -0.15) is 0 Å². The van der Waals surface area contributed by atoms with E-state index in [0.717, 1.165) is 36.2 Å². The van der Waals surface area contributed by atoms with Crippen LogP contribution in [-0.4, -0.2) is 30.0 Å². The zero-order valence-corrected chi connectivity index (χ0v) is 17.2. The van der Waals surface area contributed by atoms with Crippen LogP contribution in [0.4, 0.5) is 14.5 Å². The van der Waals surface area contributed by atoms with Gasteiger partial charge in [0, 0.05) is 11.1 Å². The zero-order chi connectivity index (χ0) is 21.9. The maximum atomic E-state index is 13.6. The molecule has 0 aliphatic carbocycles. The molecular weight excluding hydrogens is 460 g/mol. The van der Waals surface area contributed by atoms with Crippen molar-refractivity contribution in [3.05, 3.63) is 75.7 Å². The number of aromatic amines is 1. The summed E-state index contributed by atoms with van der Waals surface area (Å²) in [4.78, 5) is 29.6. The Morgan fingerprint density at radius 2 is 1.87 bits per heavy atom. The SMILES string of the molecule is O=C(CSc1ncc(S(=O)(=O)c2ccc(Cl)cc2)c(=O)[nH]1)Nc1cc(F)ccc1F. The van der Waals surface area contributed by atoms with Crippen LogP contribution >= 0.6 is 23.4 Å². The largest absolute Gasteiger partial charge is 0.323 e. The number of rotatable bonds is 6. The fourth-order valence-corrected chi connectivity index (χ4v) is 4.28. The number of nitrogens with zero attached hydrogens (tertiary/aromatic N) is 1. The molecule has 1 amide bonds. The molecule has 1 heterocycles. The molecule has 3 aromatic rings. The minimum absolute atomic E-state index is 0.0232. The predicted molar refractivity (Wildman–Crippen MR) is 107 cm³/mol. The lowest BCUT2D eigenvalue weighted by molar-refractivity contribution is -0.113. The molecule has 0 radical (unpaired) electrons. The Hall–Kier alpha value is -2.76. The number of hydrogen-bond donors (Lipinski definition) is 2. The highest BCUT2D eigenvalue weighted by Crippen LogP contribution is 2.21. The van der Waals surface area contributed by atoms with Crippen LogP contribution in [0.1, 0.15) is 0 Å². The van der Waals surface area contributed by atoms with Crippen molar-refractivity contribution >= 4 is 44.8 Å². The van der Waals surface area contributed by atoms with Gasteiger partial charge in [0.2, 0.25) is 15.7 Å². The van der Waals surface area contributed by atoms with Crippen molar-refractivity contribution in [1.29, 1.82) is 0 Å². The molecule has 30 heavy (non-hydrogen) atoms. The van der Waals surface area contributed by atoms with Crippen molar-refractivity contribution in [3.63, 3.8) is 0 Å². The van der Waals surface area contributed by atoms with Crippen LogP contribution in [0.2, 0.25) is 5.02 Å². The second kappa shape index (κ2) is 8.94. The van der Waals surface area contributed by atoms with Gasteiger partial charge in [0.05, 0.1) is 22.5 Å². The number of H-pyrrole nitrogens is 1. The molecule has 2 N–H and O–H groups in total. The van der Waals surface area contributed by atoms with Gasteiger partial charge in [-0.05, 0) is 36.4 Å². The first kappa shape index (κ1) is 21.9. The summed E-state index contributed by atoms with van der Waals surface area (Å²) in [6.07, 6.45) is 0.884. The highest BCUT2D eigenvalue weighted by Gasteiger charge is 2.22. The molecule has 0 saturated heterocycles. The van der Waals surface area contributed by atoms with Gasteiger partial charge in [-0.3, -0.25) is 9.59 Å². The molecule has 0 fully saturated rings. The minimum atomic E-state index is -4.11. The van der Waals surface area contributed by atoms with E-state index < -0.39 is 37.8 Å². The second-order valence-electron chi connectivity index (χ2n) is 5.80. The molecule has 0 unspecified atom stereocenters. The lowest BCUT2D eigenvalue weighted by Gasteiger charge is -2.07. The van der Waals surface area contributed by atoms with Crippen LogP contribution in [0.5, 0.6) is 0 Å². The van der Waals surface area contributed by atoms with Crippen LogP contribution in [0.25, 0.3) is 0 Å². The smallest absolute Gasteiger partial charge is 0.270 e. The maximum absolute atomic E-state index is 13.6. The van der Waals surface area contributed by atoms with Crippen molar-refractivity contribution in [2.75, 3.05) is 11.1 Å². The summed E-state index contributed by atoms with van der Waals surface area (Å²) in [5.41, 5.74) is -1.24. The van der Waals surface area contributed by atoms with Gasteiger partial charge >= 0.3 is 0 Å². The minimum Gasteiger partial charge on any atom is -0.323 e. The fourth-order valence-electron chi connectivity index (χ4n) is 2.29. The number of amides is 1. The summed E-state index contributed by atoms with van der Waals surface area (Å²) >= 11 is 6.52. The Kier molecular flexibility index (Phi) is 6.54. The van der Waals surface area contributed by atoms with E-state index in [2.05, 4.69) is 15.3 Å². The van der Waals surface area contributed by atoms with Crippen molar-refractivity contribution in [2.45, 2.75) is 14.9 Å². The van der Waals surface area contributed by atoms with Gasteiger partial charge in [0.25, 0.3) is 5.56 Å². The summed E-state index contributed by atoms with van der Waals surface area (Å²) in [6.45, 7) is 0. The Balaban J connectivity index is 1.71. The number of thioether (sulfide) groups is 1. The summed E-state index contributed by atoms with van der Waals surface area (Å²) in [5, 5.41) is 2.51. The van der Waals surface area contributed by atoms with E-state index >= 15 is 0 Å². The monoisotopic (exact) mass is 471 g/mol. The number of halogens is 3. The predicted octanol–water partition coefficient (Wildman–Crippen LogP) is 3.27. The average molecular weight is 472 g/mol. The van der Waals surface area contributed by atoms with E-state index in [1.54, 1.807) is 0 Å². The quantitative estimate of drug-likeness (QED) is 0.422. The van der Waals surface area contributed by atoms with Crippen LogP contribution in [0.3, 0.4) is 0 Å². The van der Waals surface area contributed by atoms with Gasteiger partial charge in [0.15, 0.2) is 10.1 Å². The number of aromatic nitrogens is 2. The average Bonchev–Trinajstić information content (AvgIpc) is 2.69. The van der Waals surface area contributed by atoms with Gasteiger partial charge in [-0.1, -0.05) is 23.4 Å². The molecule has 1 aromatic heterocycles. The lowest BCUT2D eigenvalue weighted by atomic mass is 10.3. The molecule has 2 aromatic carbocycles. The summed E-state index contributed by atoms with van der Waals surface area (Å²) in [7, 11) is -4.11. The number of hydrogen-bond acceptors (Lipinski definition) is 6. The van der Waals surface area contributed by atoms with Crippen molar-refractivity contribution in [2.24, 2.45) is 0 Å². The van der Waals surface area contributed by atoms with Crippen molar-refractivity contribution in [1.82, 2.24) is 9.97 Å². The molecule has 12 heteroatoms. The summed E-state index contributed by atoms with van der Waals surface area (Å²) in [6, 6.07) is 7.88. The first-order valence-corrected chi connectivity index (χ1v) is 11.0. The third-order valence-electron chi connectivity index (χ3n) is 3.70. The number of carbonyl (C=O) groups is 1. The van der Waals surface area contributed by atoms with Crippen molar-refractivity contribution < 1.29 is 22.0 Å². The molecule has 7 nitrogen and oxygen atoms in total. The van der Waals surface area contributed by atoms with Gasteiger partial charge in [0.1, 0.15) is 11.6 Å². The number of anilines is 1. The van der Waals surface area contributed by atoms with Gasteiger partial charge in [-0.25, -0.2) is 22.2 Å². The van der Waals surface area contributed by atoms with E-state index in [9.17, 15) is 26.8 Å². The Morgan fingerprint density at radius 1 is 1.17 bits per heavy atom. The topological polar surface area (TPSA) is 109 Å². The van der Waals surface area contributed by atoms with Crippen LogP contribution in [0, 0.1) is 11.6 Å². The van der Waals surface area contributed by atoms with E-state index in [-0.39, 0.29) is 21.5 Å². The van der Waals surface area contributed by atoms with Crippen LogP contribution in [-0.2, 0) is 14.6 Å². The maximum Gasteiger partial charge on any atom is 0.270 e. The standard InChI is InChI=1S/C18H12ClF2N3O4S2/c19-10-1-4-12(5-2-10)30(27,28)15-8-22-18(24-17(15)26)29-9-16(25)23-14-7-11(20)3-6-13(14)21/h1-8H,9H2,(H,23,25)(H,22,24,26). The number of nitrogens with one attached hydrogen (secondary N) is 2. The van der Waals surface area contributed by atoms with Crippen LogP contribution in [0.15, 0.2) is 68.4 Å². The van der Waals surface area contributed by atoms with Gasteiger partial charge in [-0.15, -0.1) is 0 Å². The first-order chi connectivity index (χ1) is 14.2. The third kappa shape index (κ3) is 5.04. The zero-order valence-electron chi connectivity index (χ0n) is 14.9. The van der Waals surface area contributed by atoms with Crippen molar-refractivity contribution in [3.8, 4) is 0 Å². The fraction of sp³-hybridized carbons (Fsp3) is 0.0556. The Labute approximate surface area is 178 Å². The molecule has 0 spiro atoms. The molecule has 0 aliphatic heterocycles. The molecule has 0 saturated carbocycles. The van der Waals surface area contributed by atoms with E-state index in [1.807, 2.05) is 0 Å². The lowest BCUT2D eigenvalue weighted by Crippen LogP contribution is -2.20. The number of sulfone groups is 1. The summed E-state index contributed by atoms with van der Waals surface area (Å²) < 4.78 is 51.8. The first-order valence-electron chi connectivity index (χ1n) is 8.14. The van der Waals surface area contributed by atoms with E-state index in [4.69, 9.17) is 11.6 Å². The number of carbonyl (C=O) groups excluding carboxylic acids is 1. The molecule has 3 rings (SSSR count). The molecule has 0 atom stereocenters. The molecule has 156 valence electrons. The highest BCUT2D eigenvalue weighted by molar-refractivity contribution is 7.99. The summed E-state index contributed by atoms with van der Waals surface area (Å²) in [5.74, 6) is -2.49. The van der Waals surface area contributed by atoms with E-state index in [1.165, 1.54) is 24.3 Å². The van der Waals surface area contributed by atoms with Gasteiger partial charge < -0.3 is 10.3 Å². The normalized spacial score (nSPS) is 11.3. The van der Waals surface area contributed by atoms with E-state index in [0.29, 0.717) is 5.02 Å². The van der Waals surface area contributed by atoms with Crippen LogP contribution < -0.4 is 10.9 Å². The third-order valence-corrected chi connectivity index (χ3v) is 6.60. The Morgan fingerprint density at radius 3 is 2.53 bits per heavy atom. The highest BCUT2D eigenvalue weighted by atomic mass is 35.5. The Bertz CT molecular complexity index is 1270. The second-order valence-corrected chi connectivity index (χ2v) is 9.12. The molecule has 0 aliphatic rings. The number of benzene rings is 2.